The normalized spacial score (nSPS) is 18.3. The van der Waals surface area contributed by atoms with Crippen LogP contribution >= 0.6 is 11.6 Å². The van der Waals surface area contributed by atoms with Crippen LogP contribution in [0.1, 0.15) is 10.5 Å². The van der Waals surface area contributed by atoms with Crippen molar-refractivity contribution in [1.82, 2.24) is 24.3 Å². The number of carbonyl (C=O) groups excluding carboxylic acids is 1. The molecule has 3 rings (SSSR count). The van der Waals surface area contributed by atoms with E-state index in [4.69, 9.17) is 21.1 Å². The molecule has 1 fully saturated rings. The Balaban J connectivity index is 1.41. The first-order chi connectivity index (χ1) is 12.9. The highest BCUT2D eigenvalue weighted by Gasteiger charge is 2.28. The molecule has 3 heterocycles. The zero-order valence-corrected chi connectivity index (χ0v) is 16.8. The molecule has 10 nitrogen and oxygen atoms in total. The van der Waals surface area contributed by atoms with Gasteiger partial charge in [-0.3, -0.25) is 9.69 Å². The van der Waals surface area contributed by atoms with Gasteiger partial charge in [0.05, 0.1) is 18.9 Å². The summed E-state index contributed by atoms with van der Waals surface area (Å²) >= 11 is 6.14. The van der Waals surface area contributed by atoms with Gasteiger partial charge in [-0.25, -0.2) is 13.1 Å². The van der Waals surface area contributed by atoms with E-state index in [-0.39, 0.29) is 29.0 Å². The average Bonchev–Trinajstić information content (AvgIpc) is 3.23. The number of sulfonamides is 1. The van der Waals surface area contributed by atoms with E-state index in [0.717, 1.165) is 0 Å². The molecule has 1 N–H and O–H groups in total. The number of hydrogen-bond donors (Lipinski definition) is 1. The molecule has 0 aromatic carbocycles. The van der Waals surface area contributed by atoms with Crippen LogP contribution in [0.5, 0.6) is 5.88 Å². The number of nitrogens with zero attached hydrogens (tertiary/aromatic N) is 4. The molecule has 0 atom stereocenters. The van der Waals surface area contributed by atoms with Crippen LogP contribution in [0.4, 0.5) is 0 Å². The van der Waals surface area contributed by atoms with Crippen molar-refractivity contribution >= 4 is 27.5 Å². The zero-order valence-electron chi connectivity index (χ0n) is 15.2. The highest BCUT2D eigenvalue weighted by Crippen LogP contribution is 2.31. The molecule has 0 bridgehead atoms. The molecule has 2 aliphatic heterocycles. The monoisotopic (exact) mass is 421 g/mol. The Hall–Kier alpha value is -1.40. The molecule has 2 aliphatic rings. The van der Waals surface area contributed by atoms with Crippen molar-refractivity contribution in [3.05, 3.63) is 10.7 Å². The van der Waals surface area contributed by atoms with Gasteiger partial charge in [0.2, 0.25) is 15.9 Å². The number of piperazine rings is 1. The molecule has 0 spiro atoms. The molecule has 0 radical (unpaired) electrons. The quantitative estimate of drug-likeness (QED) is 0.588. The van der Waals surface area contributed by atoms with Crippen molar-refractivity contribution in [3.8, 4) is 5.88 Å². The van der Waals surface area contributed by atoms with Crippen molar-refractivity contribution < 1.29 is 22.7 Å². The van der Waals surface area contributed by atoms with E-state index in [2.05, 4.69) is 15.3 Å². The molecule has 27 heavy (non-hydrogen) atoms. The Labute approximate surface area is 163 Å². The lowest BCUT2D eigenvalue weighted by Crippen LogP contribution is -2.50. The third-order valence-corrected chi connectivity index (χ3v) is 6.77. The average molecular weight is 422 g/mol. The first-order valence-corrected chi connectivity index (χ1v) is 10.8. The van der Waals surface area contributed by atoms with Crippen LogP contribution in [0.15, 0.2) is 0 Å². The van der Waals surface area contributed by atoms with Crippen molar-refractivity contribution in [2.45, 2.75) is 6.54 Å². The number of methoxy groups -OCH3 is 1. The highest BCUT2D eigenvalue weighted by atomic mass is 35.5. The highest BCUT2D eigenvalue weighted by molar-refractivity contribution is 7.89. The Morgan fingerprint density at radius 2 is 2.04 bits per heavy atom. The second kappa shape index (κ2) is 8.74. The van der Waals surface area contributed by atoms with Crippen LogP contribution in [0.2, 0.25) is 5.02 Å². The smallest absolute Gasteiger partial charge is 0.273 e. The predicted octanol–water partition coefficient (Wildman–Crippen LogP) is -0.747. The maximum atomic E-state index is 12.3. The topological polar surface area (TPSA) is 106 Å². The Morgan fingerprint density at radius 3 is 2.70 bits per heavy atom. The molecule has 0 unspecified atom stereocenters. The molecular formula is C15H24ClN5O5S. The Kier molecular flexibility index (Phi) is 6.58. The number of hydrogen-bond acceptors (Lipinski definition) is 7. The maximum absolute atomic E-state index is 12.3. The lowest BCUT2D eigenvalue weighted by atomic mass is 10.3. The summed E-state index contributed by atoms with van der Waals surface area (Å²) in [4.78, 5) is 14.4. The van der Waals surface area contributed by atoms with Crippen LogP contribution in [0.25, 0.3) is 0 Å². The molecule has 152 valence electrons. The van der Waals surface area contributed by atoms with E-state index < -0.39 is 10.0 Å². The van der Waals surface area contributed by atoms with Gasteiger partial charge in [-0.15, -0.1) is 0 Å². The van der Waals surface area contributed by atoms with E-state index >= 15 is 0 Å². The van der Waals surface area contributed by atoms with Gasteiger partial charge < -0.3 is 14.8 Å². The van der Waals surface area contributed by atoms with Gasteiger partial charge in [0.1, 0.15) is 11.6 Å². The van der Waals surface area contributed by atoms with E-state index in [1.807, 2.05) is 0 Å². The fourth-order valence-electron chi connectivity index (χ4n) is 3.05. The van der Waals surface area contributed by atoms with Gasteiger partial charge in [-0.1, -0.05) is 11.6 Å². The zero-order chi connectivity index (χ0) is 19.4. The largest absolute Gasteiger partial charge is 0.475 e. The summed E-state index contributed by atoms with van der Waals surface area (Å²) in [5, 5.41) is 7.20. The molecule has 1 aromatic rings. The minimum atomic E-state index is -3.27. The Morgan fingerprint density at radius 1 is 1.30 bits per heavy atom. The Bertz CT molecular complexity index is 776. The molecule has 1 amide bonds. The van der Waals surface area contributed by atoms with E-state index in [1.165, 1.54) is 11.4 Å². The molecular weight excluding hydrogens is 398 g/mol. The number of fused-ring (bicyclic) bond motifs is 1. The molecule has 0 aliphatic carbocycles. The molecule has 12 heteroatoms. The van der Waals surface area contributed by atoms with Gasteiger partial charge in [0.25, 0.3) is 5.91 Å². The number of ether oxygens (including phenoxy) is 2. The number of halogens is 1. The van der Waals surface area contributed by atoms with Crippen LogP contribution in [0.3, 0.4) is 0 Å². The van der Waals surface area contributed by atoms with Gasteiger partial charge in [-0.05, 0) is 0 Å². The summed E-state index contributed by atoms with van der Waals surface area (Å²) < 4.78 is 37.5. The first-order valence-electron chi connectivity index (χ1n) is 8.79. The van der Waals surface area contributed by atoms with Crippen LogP contribution < -0.4 is 10.1 Å². The van der Waals surface area contributed by atoms with E-state index in [0.29, 0.717) is 58.3 Å². The standard InChI is InChI=1S/C15H24ClN5O5S/c1-25-10-11-27(23,24)20-6-4-19(5-7-20)3-2-17-14(22)13-12(16)15-21(18-13)8-9-26-15/h2-11H2,1H3,(H,17,22). The summed E-state index contributed by atoms with van der Waals surface area (Å²) in [5.41, 5.74) is 0.167. The van der Waals surface area contributed by atoms with Crippen molar-refractivity contribution in [2.24, 2.45) is 0 Å². The van der Waals surface area contributed by atoms with Crippen LogP contribution in [-0.2, 0) is 21.3 Å². The lowest BCUT2D eigenvalue weighted by Gasteiger charge is -2.33. The van der Waals surface area contributed by atoms with Gasteiger partial charge >= 0.3 is 0 Å². The second-order valence-corrected chi connectivity index (χ2v) is 8.81. The van der Waals surface area contributed by atoms with Crippen molar-refractivity contribution in [2.75, 3.05) is 65.3 Å². The first kappa shape index (κ1) is 20.3. The molecule has 1 aromatic heterocycles. The van der Waals surface area contributed by atoms with Crippen LogP contribution in [-0.4, -0.2) is 98.7 Å². The van der Waals surface area contributed by atoms with E-state index in [1.54, 1.807) is 4.68 Å². The fraction of sp³-hybridized carbons (Fsp3) is 0.733. The lowest BCUT2D eigenvalue weighted by molar-refractivity contribution is 0.0939. The number of carbonyl (C=O) groups is 1. The maximum Gasteiger partial charge on any atom is 0.273 e. The van der Waals surface area contributed by atoms with Crippen LogP contribution in [0, 0.1) is 0 Å². The molecule has 0 saturated carbocycles. The van der Waals surface area contributed by atoms with Crippen molar-refractivity contribution in [1.29, 1.82) is 0 Å². The summed E-state index contributed by atoms with van der Waals surface area (Å²) in [7, 11) is -1.78. The summed E-state index contributed by atoms with van der Waals surface area (Å²) in [6.07, 6.45) is 0. The SMILES string of the molecule is COCCS(=O)(=O)N1CCN(CCNC(=O)c2nn3c(c2Cl)OCC3)CC1. The van der Waals surface area contributed by atoms with Gasteiger partial charge in [0.15, 0.2) is 5.69 Å². The summed E-state index contributed by atoms with van der Waals surface area (Å²) in [6, 6.07) is 0. The second-order valence-electron chi connectivity index (χ2n) is 6.34. The number of amides is 1. The summed E-state index contributed by atoms with van der Waals surface area (Å²) in [5.74, 6) is 0.0949. The minimum absolute atomic E-state index is 0.00132. The number of nitrogens with one attached hydrogen (secondary N) is 1. The number of rotatable bonds is 8. The third-order valence-electron chi connectivity index (χ3n) is 4.59. The third kappa shape index (κ3) is 4.72. The summed E-state index contributed by atoms with van der Waals surface area (Å²) in [6.45, 7) is 4.46. The fourth-order valence-corrected chi connectivity index (χ4v) is 4.68. The molecule has 1 saturated heterocycles. The van der Waals surface area contributed by atoms with Gasteiger partial charge in [-0.2, -0.15) is 9.40 Å². The predicted molar refractivity (Wildman–Crippen MR) is 98.7 cm³/mol. The van der Waals surface area contributed by atoms with E-state index in [9.17, 15) is 13.2 Å². The van der Waals surface area contributed by atoms with Crippen molar-refractivity contribution in [3.63, 3.8) is 0 Å². The van der Waals surface area contributed by atoms with Gasteiger partial charge in [0, 0.05) is 46.4 Å². The number of aromatic nitrogens is 2. The minimum Gasteiger partial charge on any atom is -0.475 e.